The van der Waals surface area contributed by atoms with E-state index in [9.17, 15) is 9.59 Å². The Morgan fingerprint density at radius 1 is 1.40 bits per heavy atom. The third-order valence-electron chi connectivity index (χ3n) is 3.42. The lowest BCUT2D eigenvalue weighted by Gasteiger charge is -2.35. The third kappa shape index (κ3) is 2.50. The van der Waals surface area contributed by atoms with Crippen LogP contribution in [0.15, 0.2) is 54.3 Å². The van der Waals surface area contributed by atoms with Crippen LogP contribution in [-0.2, 0) is 4.79 Å². The van der Waals surface area contributed by atoms with Crippen LogP contribution in [0, 0.1) is 0 Å². The Bertz CT molecular complexity index is 575. The minimum atomic E-state index is -0.387. The van der Waals surface area contributed by atoms with E-state index in [2.05, 4.69) is 11.9 Å². The molecule has 0 unspecified atom stereocenters. The first kappa shape index (κ1) is 14.1. The Morgan fingerprint density at radius 3 is 2.60 bits per heavy atom. The number of benzene rings is 1. The van der Waals surface area contributed by atoms with Crippen LogP contribution in [0.1, 0.15) is 25.5 Å². The lowest BCUT2D eigenvalue weighted by molar-refractivity contribution is -0.114. The highest BCUT2D eigenvalue weighted by Gasteiger charge is 2.33. The molecule has 104 valence electrons. The van der Waals surface area contributed by atoms with Gasteiger partial charge in [-0.1, -0.05) is 36.4 Å². The van der Waals surface area contributed by atoms with Gasteiger partial charge in [-0.2, -0.15) is 0 Å². The number of ketones is 1. The molecule has 20 heavy (non-hydrogen) atoms. The Balaban J connectivity index is 2.51. The molecular formula is C16H18N2O2. The predicted molar refractivity (Wildman–Crippen MR) is 78.0 cm³/mol. The van der Waals surface area contributed by atoms with Crippen LogP contribution >= 0.6 is 0 Å². The monoisotopic (exact) mass is 270 g/mol. The minimum Gasteiger partial charge on any atom is -0.327 e. The summed E-state index contributed by atoms with van der Waals surface area (Å²) in [4.78, 5) is 25.7. The third-order valence-corrected chi connectivity index (χ3v) is 3.42. The molecule has 0 aliphatic carbocycles. The number of Topliss-reactive ketones (excluding diaryl/α,β-unsaturated/α-hetero) is 1. The van der Waals surface area contributed by atoms with Gasteiger partial charge in [-0.3, -0.25) is 9.69 Å². The van der Waals surface area contributed by atoms with Gasteiger partial charge in [-0.25, -0.2) is 4.79 Å². The fourth-order valence-corrected chi connectivity index (χ4v) is 2.48. The summed E-state index contributed by atoms with van der Waals surface area (Å²) in [6.45, 7) is 7.35. The number of allylic oxidation sites excluding steroid dienone is 1. The van der Waals surface area contributed by atoms with Crippen molar-refractivity contribution in [3.8, 4) is 0 Å². The number of nitrogens with zero attached hydrogens (tertiary/aromatic N) is 1. The Kier molecular flexibility index (Phi) is 4.03. The van der Waals surface area contributed by atoms with Crippen LogP contribution in [0.5, 0.6) is 0 Å². The average Bonchev–Trinajstić information content (AvgIpc) is 2.43. The molecule has 0 radical (unpaired) electrons. The number of rotatable bonds is 4. The summed E-state index contributed by atoms with van der Waals surface area (Å²) in [5.41, 5.74) is 2.22. The van der Waals surface area contributed by atoms with Crippen molar-refractivity contribution in [1.82, 2.24) is 10.2 Å². The molecule has 0 saturated carbocycles. The highest BCUT2D eigenvalue weighted by molar-refractivity contribution is 5.98. The quantitative estimate of drug-likeness (QED) is 0.855. The predicted octanol–water partition coefficient (Wildman–Crippen LogP) is 2.80. The van der Waals surface area contributed by atoms with Gasteiger partial charge in [0.05, 0.1) is 6.04 Å². The van der Waals surface area contributed by atoms with Crippen LogP contribution in [-0.4, -0.2) is 23.3 Å². The molecule has 2 rings (SSSR count). The molecule has 4 heteroatoms. The molecule has 0 fully saturated rings. The summed E-state index contributed by atoms with van der Waals surface area (Å²) >= 11 is 0. The summed E-state index contributed by atoms with van der Waals surface area (Å²) in [5.74, 6) is -0.0367. The molecular weight excluding hydrogens is 252 g/mol. The molecule has 1 atom stereocenters. The van der Waals surface area contributed by atoms with E-state index in [1.54, 1.807) is 13.0 Å². The molecule has 1 heterocycles. The first-order chi connectivity index (χ1) is 9.56. The van der Waals surface area contributed by atoms with Crippen molar-refractivity contribution in [3.63, 3.8) is 0 Å². The van der Waals surface area contributed by atoms with Crippen molar-refractivity contribution < 1.29 is 9.59 Å². The van der Waals surface area contributed by atoms with Crippen LogP contribution in [0.2, 0.25) is 0 Å². The zero-order chi connectivity index (χ0) is 14.7. The molecule has 0 aromatic heterocycles. The van der Waals surface area contributed by atoms with E-state index in [1.807, 2.05) is 30.3 Å². The SMILES string of the molecule is C=CCN1C(=O)N[C@@H](c2ccccc2)C(C(C)=O)=C1C. The van der Waals surface area contributed by atoms with E-state index in [0.717, 1.165) is 5.56 Å². The molecule has 0 spiro atoms. The zero-order valence-corrected chi connectivity index (χ0v) is 11.7. The van der Waals surface area contributed by atoms with Crippen molar-refractivity contribution >= 4 is 11.8 Å². The minimum absolute atomic E-state index is 0.0367. The maximum atomic E-state index is 12.2. The van der Waals surface area contributed by atoms with Gasteiger partial charge in [0, 0.05) is 17.8 Å². The summed E-state index contributed by atoms with van der Waals surface area (Å²) in [6, 6.07) is 8.91. The van der Waals surface area contributed by atoms with Crippen LogP contribution in [0.25, 0.3) is 0 Å². The average molecular weight is 270 g/mol. The normalized spacial score (nSPS) is 18.8. The number of carbonyl (C=O) groups is 2. The number of hydrogen-bond acceptors (Lipinski definition) is 2. The maximum Gasteiger partial charge on any atom is 0.322 e. The topological polar surface area (TPSA) is 49.4 Å². The molecule has 1 aliphatic heterocycles. The second-order valence-corrected chi connectivity index (χ2v) is 4.75. The van der Waals surface area contributed by atoms with Crippen molar-refractivity contribution in [2.24, 2.45) is 0 Å². The van der Waals surface area contributed by atoms with Crippen molar-refractivity contribution in [1.29, 1.82) is 0 Å². The van der Waals surface area contributed by atoms with Gasteiger partial charge < -0.3 is 5.32 Å². The van der Waals surface area contributed by atoms with Crippen LogP contribution < -0.4 is 5.32 Å². The summed E-state index contributed by atoms with van der Waals surface area (Å²) in [6.07, 6.45) is 1.64. The molecule has 4 nitrogen and oxygen atoms in total. The van der Waals surface area contributed by atoms with E-state index in [1.165, 1.54) is 11.8 Å². The summed E-state index contributed by atoms with van der Waals surface area (Å²) < 4.78 is 0. The van der Waals surface area contributed by atoms with Gasteiger partial charge in [0.25, 0.3) is 0 Å². The van der Waals surface area contributed by atoms with Crippen molar-refractivity contribution in [2.75, 3.05) is 6.54 Å². The van der Waals surface area contributed by atoms with Gasteiger partial charge in [-0.15, -0.1) is 6.58 Å². The highest BCUT2D eigenvalue weighted by Crippen LogP contribution is 2.30. The van der Waals surface area contributed by atoms with Gasteiger partial charge in [-0.05, 0) is 19.4 Å². The van der Waals surface area contributed by atoms with Gasteiger partial charge in [0.1, 0.15) is 0 Å². The molecule has 0 bridgehead atoms. The molecule has 1 N–H and O–H groups in total. The summed E-state index contributed by atoms with van der Waals surface area (Å²) in [7, 11) is 0. The smallest absolute Gasteiger partial charge is 0.322 e. The van der Waals surface area contributed by atoms with Gasteiger partial charge in [0.2, 0.25) is 0 Å². The fourth-order valence-electron chi connectivity index (χ4n) is 2.48. The lowest BCUT2D eigenvalue weighted by atomic mass is 9.92. The lowest BCUT2D eigenvalue weighted by Crippen LogP contribution is -2.47. The summed E-state index contributed by atoms with van der Waals surface area (Å²) in [5, 5.41) is 2.89. The molecule has 0 saturated heterocycles. The first-order valence-electron chi connectivity index (χ1n) is 6.51. The molecule has 1 aromatic carbocycles. The largest absolute Gasteiger partial charge is 0.327 e. The Labute approximate surface area is 118 Å². The van der Waals surface area contributed by atoms with E-state index in [-0.39, 0.29) is 17.9 Å². The zero-order valence-electron chi connectivity index (χ0n) is 11.7. The van der Waals surface area contributed by atoms with Crippen LogP contribution in [0.4, 0.5) is 4.79 Å². The van der Waals surface area contributed by atoms with Crippen LogP contribution in [0.3, 0.4) is 0 Å². The molecule has 1 aromatic rings. The van der Waals surface area contributed by atoms with E-state index in [4.69, 9.17) is 0 Å². The van der Waals surface area contributed by atoms with E-state index in [0.29, 0.717) is 17.8 Å². The number of nitrogens with one attached hydrogen (secondary N) is 1. The maximum absolute atomic E-state index is 12.2. The van der Waals surface area contributed by atoms with Crippen molar-refractivity contribution in [3.05, 3.63) is 59.8 Å². The van der Waals surface area contributed by atoms with Gasteiger partial charge >= 0.3 is 6.03 Å². The molecule has 1 aliphatic rings. The number of urea groups is 1. The second-order valence-electron chi connectivity index (χ2n) is 4.75. The molecule has 2 amide bonds. The number of hydrogen-bond donors (Lipinski definition) is 1. The van der Waals surface area contributed by atoms with Crippen molar-refractivity contribution in [2.45, 2.75) is 19.9 Å². The van der Waals surface area contributed by atoms with Gasteiger partial charge in [0.15, 0.2) is 5.78 Å². The first-order valence-corrected chi connectivity index (χ1v) is 6.51. The Hall–Kier alpha value is -2.36. The van der Waals surface area contributed by atoms with E-state index >= 15 is 0 Å². The number of carbonyl (C=O) groups excluding carboxylic acids is 2. The number of amides is 2. The Morgan fingerprint density at radius 2 is 2.05 bits per heavy atom. The van der Waals surface area contributed by atoms with E-state index < -0.39 is 0 Å². The second kappa shape index (κ2) is 5.74. The highest BCUT2D eigenvalue weighted by atomic mass is 16.2. The standard InChI is InChI=1S/C16H18N2O2/c1-4-10-18-11(2)14(12(3)19)15(17-16(18)20)13-8-6-5-7-9-13/h4-9,15H,1,10H2,2-3H3,(H,17,20)/t15-/m0/s1. The fraction of sp³-hybridized carbons (Fsp3) is 0.250.